The van der Waals surface area contributed by atoms with Crippen molar-refractivity contribution >= 4 is 23.1 Å². The standard InChI is InChI=1S/C13H19N5S2/c1-3-10(14)12(11-7-4-8(2)19-11)20-13-15-16-17-18(13)9-5-6-9/h4,7,9-10,12H,3,5-6,14H2,1-2H3. The number of thiophene rings is 1. The van der Waals surface area contributed by atoms with Crippen molar-refractivity contribution in [3.8, 4) is 0 Å². The molecule has 1 aliphatic carbocycles. The average molecular weight is 309 g/mol. The van der Waals surface area contributed by atoms with Gasteiger partial charge in [-0.2, -0.15) is 0 Å². The Bertz CT molecular complexity index is 575. The number of aryl methyl sites for hydroxylation is 1. The van der Waals surface area contributed by atoms with Gasteiger partial charge in [-0.05, 0) is 48.7 Å². The lowest BCUT2D eigenvalue weighted by Crippen LogP contribution is -2.25. The first-order chi connectivity index (χ1) is 9.69. The number of hydrogen-bond acceptors (Lipinski definition) is 6. The second-order valence-corrected chi connectivity index (χ2v) is 7.62. The van der Waals surface area contributed by atoms with Gasteiger partial charge in [-0.25, -0.2) is 4.68 Å². The Morgan fingerprint density at radius 3 is 2.90 bits per heavy atom. The highest BCUT2D eigenvalue weighted by atomic mass is 32.2. The fraction of sp³-hybridized carbons (Fsp3) is 0.615. The number of nitrogens with zero attached hydrogens (tertiary/aromatic N) is 4. The van der Waals surface area contributed by atoms with E-state index < -0.39 is 0 Å². The molecule has 0 radical (unpaired) electrons. The molecule has 108 valence electrons. The van der Waals surface area contributed by atoms with Crippen LogP contribution >= 0.6 is 23.1 Å². The van der Waals surface area contributed by atoms with Crippen LogP contribution in [0.2, 0.25) is 0 Å². The smallest absolute Gasteiger partial charge is 0.210 e. The molecule has 0 spiro atoms. The van der Waals surface area contributed by atoms with Gasteiger partial charge in [0.2, 0.25) is 5.16 Å². The van der Waals surface area contributed by atoms with E-state index in [4.69, 9.17) is 5.73 Å². The van der Waals surface area contributed by atoms with E-state index in [1.54, 1.807) is 11.8 Å². The topological polar surface area (TPSA) is 69.6 Å². The first-order valence-corrected chi connectivity index (χ1v) is 8.65. The molecule has 0 aromatic carbocycles. The van der Waals surface area contributed by atoms with Gasteiger partial charge >= 0.3 is 0 Å². The Labute approximate surface area is 126 Å². The molecule has 0 amide bonds. The highest BCUT2D eigenvalue weighted by molar-refractivity contribution is 7.99. The molecule has 0 aliphatic heterocycles. The van der Waals surface area contributed by atoms with E-state index >= 15 is 0 Å². The van der Waals surface area contributed by atoms with E-state index in [-0.39, 0.29) is 11.3 Å². The zero-order chi connectivity index (χ0) is 14.1. The Kier molecular flexibility index (Phi) is 4.09. The Morgan fingerprint density at radius 1 is 1.50 bits per heavy atom. The van der Waals surface area contributed by atoms with Gasteiger partial charge in [0.15, 0.2) is 0 Å². The van der Waals surface area contributed by atoms with E-state index in [1.807, 2.05) is 16.0 Å². The second kappa shape index (κ2) is 5.83. The molecule has 1 fully saturated rings. The second-order valence-electron chi connectivity index (χ2n) is 5.20. The molecule has 2 aromatic rings. The normalized spacial score (nSPS) is 18.1. The number of aromatic nitrogens is 4. The molecule has 2 atom stereocenters. The van der Waals surface area contributed by atoms with Crippen LogP contribution in [0.1, 0.15) is 47.2 Å². The third kappa shape index (κ3) is 2.89. The summed E-state index contributed by atoms with van der Waals surface area (Å²) < 4.78 is 1.96. The summed E-state index contributed by atoms with van der Waals surface area (Å²) in [5, 5.41) is 13.2. The first-order valence-electron chi connectivity index (χ1n) is 6.95. The highest BCUT2D eigenvalue weighted by Gasteiger charge is 2.30. The molecule has 2 heterocycles. The summed E-state index contributed by atoms with van der Waals surface area (Å²) in [4.78, 5) is 2.63. The van der Waals surface area contributed by atoms with Crippen molar-refractivity contribution in [3.05, 3.63) is 21.9 Å². The van der Waals surface area contributed by atoms with Crippen LogP contribution in [0.25, 0.3) is 0 Å². The largest absolute Gasteiger partial charge is 0.326 e. The molecule has 20 heavy (non-hydrogen) atoms. The van der Waals surface area contributed by atoms with Crippen LogP contribution in [0.15, 0.2) is 17.3 Å². The Hall–Kier alpha value is -0.920. The maximum atomic E-state index is 6.32. The van der Waals surface area contributed by atoms with E-state index in [0.717, 1.165) is 11.6 Å². The molecule has 7 heteroatoms. The monoisotopic (exact) mass is 309 g/mol. The highest BCUT2D eigenvalue weighted by Crippen LogP contribution is 2.43. The summed E-state index contributed by atoms with van der Waals surface area (Å²) in [6.07, 6.45) is 3.31. The molecule has 3 rings (SSSR count). The van der Waals surface area contributed by atoms with Crippen LogP contribution in [0.4, 0.5) is 0 Å². The lowest BCUT2D eigenvalue weighted by Gasteiger charge is -2.20. The van der Waals surface area contributed by atoms with Gasteiger partial charge in [0, 0.05) is 15.8 Å². The minimum atomic E-state index is 0.113. The van der Waals surface area contributed by atoms with E-state index in [9.17, 15) is 0 Å². The summed E-state index contributed by atoms with van der Waals surface area (Å²) >= 11 is 3.51. The quantitative estimate of drug-likeness (QED) is 0.831. The van der Waals surface area contributed by atoms with Crippen molar-refractivity contribution in [2.75, 3.05) is 0 Å². The van der Waals surface area contributed by atoms with Crippen molar-refractivity contribution in [2.24, 2.45) is 5.73 Å². The molecule has 5 nitrogen and oxygen atoms in total. The lowest BCUT2D eigenvalue weighted by atomic mass is 10.1. The van der Waals surface area contributed by atoms with Crippen LogP contribution < -0.4 is 5.73 Å². The minimum absolute atomic E-state index is 0.113. The van der Waals surface area contributed by atoms with Crippen LogP contribution in [0, 0.1) is 6.92 Å². The van der Waals surface area contributed by atoms with Gasteiger partial charge in [0.25, 0.3) is 0 Å². The van der Waals surface area contributed by atoms with Gasteiger partial charge < -0.3 is 5.73 Å². The van der Waals surface area contributed by atoms with Crippen molar-refractivity contribution in [3.63, 3.8) is 0 Å². The van der Waals surface area contributed by atoms with Crippen molar-refractivity contribution in [2.45, 2.75) is 55.6 Å². The molecular weight excluding hydrogens is 290 g/mol. The Balaban J connectivity index is 1.84. The van der Waals surface area contributed by atoms with Gasteiger partial charge in [0.1, 0.15) is 0 Å². The fourth-order valence-corrected chi connectivity index (χ4v) is 4.49. The first kappa shape index (κ1) is 14.0. The number of rotatable bonds is 6. The Morgan fingerprint density at radius 2 is 2.30 bits per heavy atom. The minimum Gasteiger partial charge on any atom is -0.326 e. The number of thioether (sulfide) groups is 1. The summed E-state index contributed by atoms with van der Waals surface area (Å²) in [7, 11) is 0. The summed E-state index contributed by atoms with van der Waals surface area (Å²) in [6, 6.07) is 4.94. The van der Waals surface area contributed by atoms with Crippen molar-refractivity contribution in [1.29, 1.82) is 0 Å². The molecule has 2 N–H and O–H groups in total. The van der Waals surface area contributed by atoms with Gasteiger partial charge in [0.05, 0.1) is 11.3 Å². The molecule has 1 saturated carbocycles. The van der Waals surface area contributed by atoms with Crippen LogP contribution in [-0.4, -0.2) is 26.2 Å². The van der Waals surface area contributed by atoms with Crippen molar-refractivity contribution in [1.82, 2.24) is 20.2 Å². The summed E-state index contributed by atoms with van der Waals surface area (Å²) in [5.41, 5.74) is 6.32. The molecular formula is C13H19N5S2. The summed E-state index contributed by atoms with van der Waals surface area (Å²) in [5.74, 6) is 0. The molecule has 2 aromatic heterocycles. The third-order valence-corrected chi connectivity index (χ3v) is 6.06. The van der Waals surface area contributed by atoms with Crippen LogP contribution in [-0.2, 0) is 0 Å². The van der Waals surface area contributed by atoms with Crippen LogP contribution in [0.5, 0.6) is 0 Å². The average Bonchev–Trinajstić information content (AvgIpc) is 3.03. The SMILES string of the molecule is CCC(N)C(Sc1nnnn1C1CC1)c1ccc(C)s1. The van der Waals surface area contributed by atoms with E-state index in [1.165, 1.54) is 22.6 Å². The van der Waals surface area contributed by atoms with E-state index in [0.29, 0.717) is 6.04 Å². The number of hydrogen-bond donors (Lipinski definition) is 1. The maximum absolute atomic E-state index is 6.32. The molecule has 0 bridgehead atoms. The predicted octanol–water partition coefficient (Wildman–Crippen LogP) is 2.95. The van der Waals surface area contributed by atoms with E-state index in [2.05, 4.69) is 41.5 Å². The zero-order valence-electron chi connectivity index (χ0n) is 11.7. The van der Waals surface area contributed by atoms with Crippen LogP contribution in [0.3, 0.4) is 0 Å². The fourth-order valence-electron chi connectivity index (χ4n) is 2.10. The number of nitrogens with two attached hydrogens (primary N) is 1. The van der Waals surface area contributed by atoms with Gasteiger partial charge in [-0.1, -0.05) is 18.7 Å². The van der Waals surface area contributed by atoms with Gasteiger partial charge in [-0.15, -0.1) is 16.4 Å². The third-order valence-electron chi connectivity index (χ3n) is 3.49. The van der Waals surface area contributed by atoms with Gasteiger partial charge in [-0.3, -0.25) is 0 Å². The molecule has 0 saturated heterocycles. The van der Waals surface area contributed by atoms with Crippen molar-refractivity contribution < 1.29 is 0 Å². The molecule has 2 unspecified atom stereocenters. The maximum Gasteiger partial charge on any atom is 0.210 e. The predicted molar refractivity (Wildman–Crippen MR) is 82.0 cm³/mol. The number of tetrazole rings is 1. The zero-order valence-corrected chi connectivity index (χ0v) is 13.3. The lowest BCUT2D eigenvalue weighted by molar-refractivity contribution is 0.561. The molecule has 1 aliphatic rings. The summed E-state index contributed by atoms with van der Waals surface area (Å²) in [6.45, 7) is 4.25.